The molecule has 0 aliphatic carbocycles. The van der Waals surface area contributed by atoms with Crippen molar-refractivity contribution in [1.82, 2.24) is 0 Å². The maximum Gasteiger partial charge on any atom is 0.337 e. The van der Waals surface area contributed by atoms with Gasteiger partial charge in [0.05, 0.1) is 38.6 Å². The molecule has 48 heavy (non-hydrogen) atoms. The van der Waals surface area contributed by atoms with Gasteiger partial charge in [0.15, 0.2) is 12.6 Å². The predicted octanol–water partition coefficient (Wildman–Crippen LogP) is -2.52. The molecule has 3 aliphatic rings. The molecule has 1 aromatic rings. The first-order valence-corrected chi connectivity index (χ1v) is 15.2. The molecule has 0 bridgehead atoms. The van der Waals surface area contributed by atoms with Crippen LogP contribution in [-0.4, -0.2) is 147 Å². The van der Waals surface area contributed by atoms with E-state index < -0.39 is 105 Å². The van der Waals surface area contributed by atoms with Gasteiger partial charge in [-0.2, -0.15) is 0 Å². The third kappa shape index (κ3) is 8.68. The number of aliphatic hydroxyl groups is 7. The molecule has 268 valence electrons. The lowest BCUT2D eigenvalue weighted by atomic mass is 9.86. The van der Waals surface area contributed by atoms with Crippen molar-refractivity contribution in [3.8, 4) is 5.75 Å². The van der Waals surface area contributed by atoms with Crippen LogP contribution in [-0.2, 0) is 49.2 Å². The molecule has 3 aliphatic heterocycles. The molecule has 2 fully saturated rings. The average molecular weight is 687 g/mol. The Hall–Kier alpha value is -3.20. The van der Waals surface area contributed by atoms with E-state index in [1.165, 1.54) is 18.2 Å². The summed E-state index contributed by atoms with van der Waals surface area (Å²) in [5.41, 5.74) is 0.922. The van der Waals surface area contributed by atoms with E-state index in [0.29, 0.717) is 6.42 Å². The number of allylic oxidation sites excluding steroid dienone is 1. The topological polar surface area (TPSA) is 261 Å². The van der Waals surface area contributed by atoms with Crippen molar-refractivity contribution < 1.29 is 83.6 Å². The van der Waals surface area contributed by atoms with E-state index in [2.05, 4.69) is 0 Å². The summed E-state index contributed by atoms with van der Waals surface area (Å²) in [5.74, 6) is -2.69. The summed E-state index contributed by atoms with van der Waals surface area (Å²) in [6.07, 6.45) is -14.6. The quantitative estimate of drug-likeness (QED) is 0.0834. The molecule has 0 unspecified atom stereocenters. The van der Waals surface area contributed by atoms with Crippen molar-refractivity contribution in [2.45, 2.75) is 87.5 Å². The highest BCUT2D eigenvalue weighted by molar-refractivity contribution is 5.90. The number of esters is 2. The Bertz CT molecular complexity index is 1280. The second kappa shape index (κ2) is 17.0. The molecule has 2 saturated heterocycles. The van der Waals surface area contributed by atoms with Gasteiger partial charge in [0.25, 0.3) is 0 Å². The molecule has 0 aromatic heterocycles. The molecule has 0 radical (unpaired) electrons. The molecule has 0 spiro atoms. The number of phenolic OH excluding ortho intramolecular Hbond substituents is 1. The van der Waals surface area contributed by atoms with E-state index in [4.69, 9.17) is 33.2 Å². The Labute approximate surface area is 275 Å². The van der Waals surface area contributed by atoms with Gasteiger partial charge in [-0.1, -0.05) is 18.2 Å². The highest BCUT2D eigenvalue weighted by Crippen LogP contribution is 2.36. The Kier molecular flexibility index (Phi) is 13.3. The summed E-state index contributed by atoms with van der Waals surface area (Å²) in [4.78, 5) is 25.7. The van der Waals surface area contributed by atoms with Crippen LogP contribution in [0.1, 0.15) is 18.9 Å². The van der Waals surface area contributed by atoms with E-state index in [0.717, 1.165) is 18.9 Å². The highest BCUT2D eigenvalue weighted by Gasteiger charge is 2.48. The van der Waals surface area contributed by atoms with E-state index in [-0.39, 0.29) is 23.5 Å². The van der Waals surface area contributed by atoms with Gasteiger partial charge in [0.1, 0.15) is 61.2 Å². The van der Waals surface area contributed by atoms with Crippen LogP contribution in [0.25, 0.3) is 0 Å². The van der Waals surface area contributed by atoms with Gasteiger partial charge in [0, 0.05) is 11.5 Å². The van der Waals surface area contributed by atoms with E-state index in [1.807, 2.05) is 0 Å². The van der Waals surface area contributed by atoms with Crippen molar-refractivity contribution in [2.24, 2.45) is 5.92 Å². The van der Waals surface area contributed by atoms with Crippen LogP contribution < -0.4 is 0 Å². The van der Waals surface area contributed by atoms with Gasteiger partial charge >= 0.3 is 11.9 Å². The second-order valence-electron chi connectivity index (χ2n) is 11.4. The van der Waals surface area contributed by atoms with Gasteiger partial charge in [-0.3, -0.25) is 4.79 Å². The number of aromatic hydroxyl groups is 1. The zero-order valence-electron chi connectivity index (χ0n) is 26.2. The van der Waals surface area contributed by atoms with Gasteiger partial charge < -0.3 is 74.0 Å². The monoisotopic (exact) mass is 686 g/mol. The van der Waals surface area contributed by atoms with E-state index in [1.54, 1.807) is 19.1 Å². The lowest BCUT2D eigenvalue weighted by Gasteiger charge is -2.42. The molecule has 1 aromatic carbocycles. The zero-order valence-corrected chi connectivity index (χ0v) is 26.2. The van der Waals surface area contributed by atoms with Crippen molar-refractivity contribution in [1.29, 1.82) is 0 Å². The Morgan fingerprint density at radius 1 is 0.875 bits per heavy atom. The largest absolute Gasteiger partial charge is 0.508 e. The number of carbonyl (C=O) groups is 2. The zero-order chi connectivity index (χ0) is 35.1. The fraction of sp³-hybridized carbons (Fsp3) is 0.613. The smallest absolute Gasteiger partial charge is 0.337 e. The molecule has 4 rings (SSSR count). The van der Waals surface area contributed by atoms with Crippen LogP contribution in [0.3, 0.4) is 0 Å². The van der Waals surface area contributed by atoms with Crippen molar-refractivity contribution >= 4 is 11.9 Å². The number of rotatable bonds is 12. The average Bonchev–Trinajstić information content (AvgIpc) is 3.08. The van der Waals surface area contributed by atoms with Crippen LogP contribution in [0.15, 0.2) is 47.7 Å². The summed E-state index contributed by atoms with van der Waals surface area (Å²) in [7, 11) is 1.12. The summed E-state index contributed by atoms with van der Waals surface area (Å²) in [6, 6.07) is 6.37. The second-order valence-corrected chi connectivity index (χ2v) is 11.4. The molecule has 0 amide bonds. The molecule has 0 saturated carbocycles. The first-order valence-electron chi connectivity index (χ1n) is 15.2. The van der Waals surface area contributed by atoms with Crippen LogP contribution in [0.2, 0.25) is 0 Å². The molecule has 3 heterocycles. The summed E-state index contributed by atoms with van der Waals surface area (Å²) >= 11 is 0. The van der Waals surface area contributed by atoms with Gasteiger partial charge in [-0.05, 0) is 31.0 Å². The fourth-order valence-electron chi connectivity index (χ4n) is 5.47. The van der Waals surface area contributed by atoms with Crippen LogP contribution >= 0.6 is 0 Å². The third-order valence-electron chi connectivity index (χ3n) is 8.29. The number of methoxy groups -OCH3 is 1. The number of hydrogen-bond donors (Lipinski definition) is 8. The standard InChI is InChI=1S/C31H42O17/c1-3-16-17(18(28(41)42-2)12-45-29(16)48-31-27(40)24(37)22(35)19(11-32)46-31)10-21(34)44-13-20-23(36)25(38)26(39)30(47-20)43-9-8-14-4-6-15(33)7-5-14/h3-7,12,17,19-20,22-27,29-33,35-40H,8-11,13H2,1-2H3/b16-3-/t17-,19-,20+,22-,23+,24+,25-,26+,27-,29-,30+,31+/m0/s1. The summed E-state index contributed by atoms with van der Waals surface area (Å²) < 4.78 is 38.0. The van der Waals surface area contributed by atoms with E-state index >= 15 is 0 Å². The van der Waals surface area contributed by atoms with Gasteiger partial charge in [-0.15, -0.1) is 0 Å². The van der Waals surface area contributed by atoms with Crippen LogP contribution in [0.4, 0.5) is 0 Å². The normalized spacial score (nSPS) is 36.2. The number of aliphatic hydroxyl groups excluding tert-OH is 7. The first-order chi connectivity index (χ1) is 22.9. The lowest BCUT2D eigenvalue weighted by Crippen LogP contribution is -2.60. The van der Waals surface area contributed by atoms with E-state index in [9.17, 15) is 50.4 Å². The van der Waals surface area contributed by atoms with Crippen molar-refractivity contribution in [3.63, 3.8) is 0 Å². The molecular formula is C31H42O17. The number of phenols is 1. The minimum Gasteiger partial charge on any atom is -0.508 e. The van der Waals surface area contributed by atoms with Crippen LogP contribution in [0, 0.1) is 5.92 Å². The maximum absolute atomic E-state index is 13.1. The predicted molar refractivity (Wildman–Crippen MR) is 157 cm³/mol. The maximum atomic E-state index is 13.1. The number of benzene rings is 1. The Morgan fingerprint density at radius 2 is 1.50 bits per heavy atom. The number of hydrogen-bond acceptors (Lipinski definition) is 17. The molecule has 17 heteroatoms. The minimum absolute atomic E-state index is 0.0483. The SMILES string of the molecule is C/C=C1\[C@H](O[C@H]2O[C@@H](CO)[C@H](O)[C@@H](O)[C@@H]2O)OC=C(C(=O)OC)[C@H]1CC(=O)OC[C@H]1O[C@@H](OCCc2ccc(O)cc2)[C@H](O)[C@@H](O)[C@@H]1O. The first kappa shape index (κ1) is 37.6. The molecule has 12 atom stereocenters. The third-order valence-corrected chi connectivity index (χ3v) is 8.29. The fourth-order valence-corrected chi connectivity index (χ4v) is 5.47. The van der Waals surface area contributed by atoms with Crippen molar-refractivity contribution in [2.75, 3.05) is 26.9 Å². The Balaban J connectivity index is 1.39. The molecule has 8 N–H and O–H groups in total. The Morgan fingerprint density at radius 3 is 2.12 bits per heavy atom. The lowest BCUT2D eigenvalue weighted by molar-refractivity contribution is -0.327. The summed E-state index contributed by atoms with van der Waals surface area (Å²) in [6.45, 7) is 0.335. The molecular weight excluding hydrogens is 644 g/mol. The molecule has 17 nitrogen and oxygen atoms in total. The van der Waals surface area contributed by atoms with Gasteiger partial charge in [0.2, 0.25) is 6.29 Å². The van der Waals surface area contributed by atoms with Crippen LogP contribution in [0.5, 0.6) is 5.75 Å². The number of ether oxygens (including phenoxy) is 7. The summed E-state index contributed by atoms with van der Waals surface area (Å²) in [5, 5.41) is 80.8. The highest BCUT2D eigenvalue weighted by atomic mass is 16.8. The van der Waals surface area contributed by atoms with Crippen molar-refractivity contribution in [3.05, 3.63) is 53.3 Å². The number of carbonyl (C=O) groups excluding carboxylic acids is 2. The van der Waals surface area contributed by atoms with Gasteiger partial charge in [-0.25, -0.2) is 4.79 Å². The minimum atomic E-state index is -1.75.